The molecule has 28 heavy (non-hydrogen) atoms. The fourth-order valence-electron chi connectivity index (χ4n) is 2.95. The smallest absolute Gasteiger partial charge is 0.232 e. The fourth-order valence-corrected chi connectivity index (χ4v) is 4.56. The van der Waals surface area contributed by atoms with E-state index in [9.17, 15) is 4.79 Å². The molecule has 2 aromatic carbocycles. The lowest BCUT2D eigenvalue weighted by Crippen LogP contribution is -2.14. The van der Waals surface area contributed by atoms with Gasteiger partial charge in [-0.15, -0.1) is 11.3 Å². The molecule has 0 unspecified atom stereocenters. The summed E-state index contributed by atoms with van der Waals surface area (Å²) in [6.07, 6.45) is 0.987. The number of benzene rings is 2. The van der Waals surface area contributed by atoms with Gasteiger partial charge >= 0.3 is 0 Å². The number of aromatic nitrogens is 2. The maximum absolute atomic E-state index is 12.4. The standard InChI is InChI=1S/C22H19N3OS2/c1-15-23-18(14-27-15)13-20(26)25-22-24-19(12-16-8-4-2-5-9-16)21(28-22)17-10-6-3-7-11-17/h2-11,14H,12-13H2,1H3,(H,24,25,26). The van der Waals surface area contributed by atoms with Gasteiger partial charge in [0.1, 0.15) is 0 Å². The van der Waals surface area contributed by atoms with Crippen molar-refractivity contribution in [1.29, 1.82) is 0 Å². The second kappa shape index (κ2) is 8.46. The number of aryl methyl sites for hydroxylation is 1. The first kappa shape index (κ1) is 18.5. The third kappa shape index (κ3) is 4.52. The van der Waals surface area contributed by atoms with Crippen LogP contribution in [-0.4, -0.2) is 15.9 Å². The molecule has 0 aliphatic heterocycles. The van der Waals surface area contributed by atoms with Gasteiger partial charge in [-0.2, -0.15) is 0 Å². The zero-order valence-electron chi connectivity index (χ0n) is 15.4. The first-order valence-corrected chi connectivity index (χ1v) is 10.7. The molecular formula is C22H19N3OS2. The van der Waals surface area contributed by atoms with Gasteiger partial charge in [-0.05, 0) is 18.1 Å². The van der Waals surface area contributed by atoms with Crippen molar-refractivity contribution in [2.75, 3.05) is 5.32 Å². The molecule has 1 N–H and O–H groups in total. The molecule has 0 spiro atoms. The summed E-state index contributed by atoms with van der Waals surface area (Å²) in [6.45, 7) is 1.94. The van der Waals surface area contributed by atoms with Crippen molar-refractivity contribution >= 4 is 33.7 Å². The van der Waals surface area contributed by atoms with Crippen LogP contribution in [0.3, 0.4) is 0 Å². The third-order valence-electron chi connectivity index (χ3n) is 4.20. The minimum atomic E-state index is -0.0927. The number of thiazole rings is 2. The summed E-state index contributed by atoms with van der Waals surface area (Å²) in [5, 5.41) is 6.47. The van der Waals surface area contributed by atoms with Crippen LogP contribution in [-0.2, 0) is 17.6 Å². The number of amides is 1. The second-order valence-electron chi connectivity index (χ2n) is 6.41. The Morgan fingerprint density at radius 2 is 1.71 bits per heavy atom. The zero-order valence-corrected chi connectivity index (χ0v) is 17.0. The Bertz CT molecular complexity index is 1070. The molecule has 0 saturated carbocycles. The van der Waals surface area contributed by atoms with Crippen LogP contribution in [0, 0.1) is 6.92 Å². The molecule has 2 aromatic heterocycles. The Morgan fingerprint density at radius 1 is 1.00 bits per heavy atom. The van der Waals surface area contributed by atoms with E-state index >= 15 is 0 Å². The summed E-state index contributed by atoms with van der Waals surface area (Å²) in [6, 6.07) is 20.4. The maximum atomic E-state index is 12.4. The van der Waals surface area contributed by atoms with Gasteiger partial charge < -0.3 is 5.32 Å². The molecule has 1 amide bonds. The molecule has 4 rings (SSSR count). The molecule has 140 valence electrons. The van der Waals surface area contributed by atoms with Crippen LogP contribution < -0.4 is 5.32 Å². The minimum Gasteiger partial charge on any atom is -0.302 e. The van der Waals surface area contributed by atoms with Crippen molar-refractivity contribution in [2.45, 2.75) is 19.8 Å². The number of hydrogen-bond donors (Lipinski definition) is 1. The highest BCUT2D eigenvalue weighted by Gasteiger charge is 2.16. The largest absolute Gasteiger partial charge is 0.302 e. The van der Waals surface area contributed by atoms with Crippen molar-refractivity contribution in [3.63, 3.8) is 0 Å². The van der Waals surface area contributed by atoms with Crippen LogP contribution in [0.25, 0.3) is 10.4 Å². The molecular weight excluding hydrogens is 386 g/mol. The quantitative estimate of drug-likeness (QED) is 0.471. The lowest BCUT2D eigenvalue weighted by atomic mass is 10.1. The van der Waals surface area contributed by atoms with E-state index in [1.54, 1.807) is 11.3 Å². The Labute approximate surface area is 171 Å². The molecule has 0 fully saturated rings. The molecule has 0 saturated heterocycles. The van der Waals surface area contributed by atoms with Gasteiger partial charge in [0.15, 0.2) is 5.13 Å². The Balaban J connectivity index is 1.58. The van der Waals surface area contributed by atoms with E-state index in [1.807, 2.05) is 48.7 Å². The summed E-state index contributed by atoms with van der Waals surface area (Å²) >= 11 is 3.07. The average Bonchev–Trinajstić information content (AvgIpc) is 3.29. The number of hydrogen-bond acceptors (Lipinski definition) is 5. The fraction of sp³-hybridized carbons (Fsp3) is 0.136. The number of anilines is 1. The lowest BCUT2D eigenvalue weighted by Gasteiger charge is -2.02. The van der Waals surface area contributed by atoms with Gasteiger partial charge in [0, 0.05) is 11.8 Å². The van der Waals surface area contributed by atoms with Crippen molar-refractivity contribution in [1.82, 2.24) is 9.97 Å². The van der Waals surface area contributed by atoms with Crippen molar-refractivity contribution in [2.24, 2.45) is 0 Å². The Morgan fingerprint density at radius 3 is 2.39 bits per heavy atom. The Hall–Kier alpha value is -2.83. The lowest BCUT2D eigenvalue weighted by molar-refractivity contribution is -0.115. The molecule has 0 aliphatic carbocycles. The predicted molar refractivity (Wildman–Crippen MR) is 116 cm³/mol. The van der Waals surface area contributed by atoms with E-state index in [1.165, 1.54) is 16.9 Å². The van der Waals surface area contributed by atoms with E-state index in [2.05, 4.69) is 34.6 Å². The topological polar surface area (TPSA) is 54.9 Å². The summed E-state index contributed by atoms with van der Waals surface area (Å²) in [5.41, 5.74) is 4.08. The third-order valence-corrected chi connectivity index (χ3v) is 6.09. The van der Waals surface area contributed by atoms with Crippen molar-refractivity contribution < 1.29 is 4.79 Å². The van der Waals surface area contributed by atoms with E-state index in [0.717, 1.165) is 33.3 Å². The van der Waals surface area contributed by atoms with Crippen molar-refractivity contribution in [3.05, 3.63) is 88.0 Å². The molecule has 2 heterocycles. The van der Waals surface area contributed by atoms with Crippen molar-refractivity contribution in [3.8, 4) is 10.4 Å². The van der Waals surface area contributed by atoms with Gasteiger partial charge in [-0.25, -0.2) is 9.97 Å². The SMILES string of the molecule is Cc1nc(CC(=O)Nc2nc(Cc3ccccc3)c(-c3ccccc3)s2)cs1. The predicted octanol–water partition coefficient (Wildman–Crippen LogP) is 5.35. The molecule has 4 aromatic rings. The number of nitrogens with zero attached hydrogens (tertiary/aromatic N) is 2. The highest BCUT2D eigenvalue weighted by atomic mass is 32.1. The van der Waals surface area contributed by atoms with Crippen LogP contribution in [0.5, 0.6) is 0 Å². The number of nitrogens with one attached hydrogen (secondary N) is 1. The van der Waals surface area contributed by atoms with Gasteiger partial charge in [0.25, 0.3) is 0 Å². The Kier molecular flexibility index (Phi) is 5.60. The first-order valence-electron chi connectivity index (χ1n) is 8.97. The van der Waals surface area contributed by atoms with Crippen LogP contribution in [0.2, 0.25) is 0 Å². The highest BCUT2D eigenvalue weighted by molar-refractivity contribution is 7.19. The van der Waals surface area contributed by atoms with Gasteiger partial charge in [-0.3, -0.25) is 4.79 Å². The van der Waals surface area contributed by atoms with Crippen LogP contribution in [0.4, 0.5) is 5.13 Å². The summed E-state index contributed by atoms with van der Waals surface area (Å²) in [4.78, 5) is 22.6. The zero-order chi connectivity index (χ0) is 19.3. The minimum absolute atomic E-state index is 0.0927. The molecule has 0 atom stereocenters. The van der Waals surface area contributed by atoms with E-state index in [4.69, 9.17) is 4.98 Å². The summed E-state index contributed by atoms with van der Waals surface area (Å²) in [7, 11) is 0. The average molecular weight is 406 g/mol. The molecule has 0 radical (unpaired) electrons. The molecule has 6 heteroatoms. The molecule has 4 nitrogen and oxygen atoms in total. The van der Waals surface area contributed by atoms with E-state index in [-0.39, 0.29) is 12.3 Å². The monoisotopic (exact) mass is 405 g/mol. The van der Waals surface area contributed by atoms with Crippen LogP contribution in [0.15, 0.2) is 66.0 Å². The van der Waals surface area contributed by atoms with Crippen LogP contribution in [0.1, 0.15) is 22.0 Å². The first-order chi connectivity index (χ1) is 13.7. The number of rotatable bonds is 6. The van der Waals surface area contributed by atoms with Gasteiger partial charge in [0.2, 0.25) is 5.91 Å². The number of carbonyl (C=O) groups excluding carboxylic acids is 1. The molecule has 0 aliphatic rings. The van der Waals surface area contributed by atoms with Gasteiger partial charge in [0.05, 0.1) is 27.7 Å². The second-order valence-corrected chi connectivity index (χ2v) is 8.47. The molecule has 0 bridgehead atoms. The maximum Gasteiger partial charge on any atom is 0.232 e. The number of carbonyl (C=O) groups is 1. The van der Waals surface area contributed by atoms with E-state index in [0.29, 0.717) is 5.13 Å². The normalized spacial score (nSPS) is 10.8. The summed E-state index contributed by atoms with van der Waals surface area (Å²) < 4.78 is 0. The van der Waals surface area contributed by atoms with Gasteiger partial charge in [-0.1, -0.05) is 72.0 Å². The highest BCUT2D eigenvalue weighted by Crippen LogP contribution is 2.34. The van der Waals surface area contributed by atoms with E-state index < -0.39 is 0 Å². The summed E-state index contributed by atoms with van der Waals surface area (Å²) in [5.74, 6) is -0.0927. The van der Waals surface area contributed by atoms with Crippen LogP contribution >= 0.6 is 22.7 Å².